The number of fused-ring (bicyclic) bond motifs is 1. The second kappa shape index (κ2) is 10.4. The molecule has 3 aromatic rings. The van der Waals surface area contributed by atoms with E-state index in [9.17, 15) is 0 Å². The number of benzene rings is 1. The molecule has 4 rings (SSSR count). The molecule has 1 aliphatic heterocycles. The molecule has 0 spiro atoms. The molecule has 0 aliphatic carbocycles. The number of hydrogen-bond acceptors (Lipinski definition) is 6. The van der Waals surface area contributed by atoms with Crippen molar-refractivity contribution in [1.82, 2.24) is 15.3 Å². The molecule has 33 heavy (non-hydrogen) atoms. The highest BCUT2D eigenvalue weighted by molar-refractivity contribution is 6.11. The molecule has 0 saturated carbocycles. The van der Waals surface area contributed by atoms with Gasteiger partial charge in [-0.3, -0.25) is 4.99 Å². The van der Waals surface area contributed by atoms with E-state index in [1.54, 1.807) is 7.05 Å². The summed E-state index contributed by atoms with van der Waals surface area (Å²) in [6.45, 7) is 10.5. The van der Waals surface area contributed by atoms with Crippen LogP contribution in [0.25, 0.3) is 22.0 Å². The first-order chi connectivity index (χ1) is 16.0. The summed E-state index contributed by atoms with van der Waals surface area (Å²) in [7, 11) is 1.80. The van der Waals surface area contributed by atoms with Crippen molar-refractivity contribution in [1.29, 1.82) is 0 Å². The van der Waals surface area contributed by atoms with Crippen LogP contribution in [0.3, 0.4) is 0 Å². The van der Waals surface area contributed by atoms with E-state index in [0.29, 0.717) is 6.04 Å². The number of piperidine rings is 1. The summed E-state index contributed by atoms with van der Waals surface area (Å²) in [6, 6.07) is 12.9. The Labute approximate surface area is 196 Å². The summed E-state index contributed by atoms with van der Waals surface area (Å²) >= 11 is 0. The largest absolute Gasteiger partial charge is 0.367 e. The van der Waals surface area contributed by atoms with E-state index in [4.69, 9.17) is 0 Å². The van der Waals surface area contributed by atoms with Crippen LogP contribution in [0.5, 0.6) is 0 Å². The molecule has 0 bridgehead atoms. The van der Waals surface area contributed by atoms with Gasteiger partial charge >= 0.3 is 0 Å². The molecule has 0 radical (unpaired) electrons. The van der Waals surface area contributed by atoms with Crippen molar-refractivity contribution in [3.8, 4) is 0 Å². The zero-order chi connectivity index (χ0) is 23.2. The number of rotatable bonds is 7. The van der Waals surface area contributed by atoms with E-state index in [1.807, 2.05) is 30.7 Å². The fourth-order valence-electron chi connectivity index (χ4n) is 4.10. The molecule has 170 valence electrons. The van der Waals surface area contributed by atoms with Crippen LogP contribution in [0.4, 0.5) is 11.6 Å². The van der Waals surface area contributed by atoms with Crippen LogP contribution in [0.15, 0.2) is 65.9 Å². The predicted molar refractivity (Wildman–Crippen MR) is 141 cm³/mol. The molecule has 1 aromatic carbocycles. The number of pyridine rings is 2. The van der Waals surface area contributed by atoms with Crippen molar-refractivity contribution in [2.45, 2.75) is 32.7 Å². The quantitative estimate of drug-likeness (QED) is 0.431. The zero-order valence-electron chi connectivity index (χ0n) is 19.7. The second-order valence-corrected chi connectivity index (χ2v) is 8.63. The fourth-order valence-corrected chi connectivity index (χ4v) is 4.10. The molecule has 6 nitrogen and oxygen atoms in total. The van der Waals surface area contributed by atoms with Gasteiger partial charge in [0.15, 0.2) is 0 Å². The van der Waals surface area contributed by atoms with E-state index >= 15 is 0 Å². The van der Waals surface area contributed by atoms with Gasteiger partial charge in [0, 0.05) is 48.3 Å². The molecule has 0 atom stereocenters. The van der Waals surface area contributed by atoms with Crippen molar-refractivity contribution in [3.63, 3.8) is 0 Å². The van der Waals surface area contributed by atoms with Crippen LogP contribution < -0.4 is 16.0 Å². The summed E-state index contributed by atoms with van der Waals surface area (Å²) in [5.74, 6) is 1.64. The fraction of sp³-hybridized carbons (Fsp3) is 0.296. The van der Waals surface area contributed by atoms with Crippen molar-refractivity contribution in [2.24, 2.45) is 4.99 Å². The summed E-state index contributed by atoms with van der Waals surface area (Å²) in [5.41, 5.74) is 5.29. The molecule has 1 fully saturated rings. The van der Waals surface area contributed by atoms with Gasteiger partial charge in [0.2, 0.25) is 0 Å². The maximum Gasteiger partial charge on any atom is 0.130 e. The number of nitrogens with one attached hydrogen (secondary N) is 3. The third-order valence-electron chi connectivity index (χ3n) is 5.91. The molecule has 3 heterocycles. The van der Waals surface area contributed by atoms with Gasteiger partial charge in [-0.2, -0.15) is 0 Å². The zero-order valence-corrected chi connectivity index (χ0v) is 19.7. The van der Waals surface area contributed by atoms with E-state index in [2.05, 4.69) is 75.6 Å². The summed E-state index contributed by atoms with van der Waals surface area (Å²) in [5, 5.41) is 12.5. The van der Waals surface area contributed by atoms with Crippen LogP contribution in [-0.2, 0) is 0 Å². The number of nitrogens with zero attached hydrogens (tertiary/aromatic N) is 3. The van der Waals surface area contributed by atoms with E-state index in [0.717, 1.165) is 70.7 Å². The smallest absolute Gasteiger partial charge is 0.130 e. The Morgan fingerprint density at radius 2 is 1.85 bits per heavy atom. The Hall–Kier alpha value is -3.51. The highest BCUT2D eigenvalue weighted by Gasteiger charge is 2.13. The van der Waals surface area contributed by atoms with Gasteiger partial charge in [0.1, 0.15) is 11.6 Å². The Balaban J connectivity index is 1.53. The van der Waals surface area contributed by atoms with Crippen molar-refractivity contribution in [3.05, 3.63) is 72.1 Å². The number of allylic oxidation sites excluding steroid dienone is 2. The molecular formula is C27H32N6. The maximum absolute atomic E-state index is 4.59. The highest BCUT2D eigenvalue weighted by Crippen LogP contribution is 2.25. The summed E-state index contributed by atoms with van der Waals surface area (Å²) in [6.07, 6.45) is 7.83. The molecule has 1 aliphatic rings. The standard InChI is InChI=1S/C27H32N6/c1-18(2)25(17-28-4)21-5-6-22-16-31-27(15-23(22)13-21)32-19(3)20-7-12-30-26(14-20)33-24-8-10-29-11-9-24/h5-7,12-17,24,29H,3,8-11H2,1-2,4H3,(H,30,33)(H,31,32). The summed E-state index contributed by atoms with van der Waals surface area (Å²) in [4.78, 5) is 13.3. The van der Waals surface area contributed by atoms with Gasteiger partial charge in [-0.1, -0.05) is 24.3 Å². The first-order valence-electron chi connectivity index (χ1n) is 11.4. The average molecular weight is 441 g/mol. The van der Waals surface area contributed by atoms with E-state index in [1.165, 1.54) is 5.57 Å². The lowest BCUT2D eigenvalue weighted by molar-refractivity contribution is 0.478. The molecule has 2 aromatic heterocycles. The lowest BCUT2D eigenvalue weighted by Crippen LogP contribution is -2.35. The predicted octanol–water partition coefficient (Wildman–Crippen LogP) is 5.37. The first-order valence-corrected chi connectivity index (χ1v) is 11.4. The van der Waals surface area contributed by atoms with Gasteiger partial charge in [-0.15, -0.1) is 0 Å². The Kier molecular flexibility index (Phi) is 7.15. The molecular weight excluding hydrogens is 408 g/mol. The minimum atomic E-state index is 0.454. The van der Waals surface area contributed by atoms with Crippen LogP contribution in [0, 0.1) is 0 Å². The Morgan fingerprint density at radius 3 is 2.61 bits per heavy atom. The molecule has 0 amide bonds. The van der Waals surface area contributed by atoms with Gasteiger partial charge < -0.3 is 16.0 Å². The third kappa shape index (κ3) is 5.65. The third-order valence-corrected chi connectivity index (χ3v) is 5.91. The lowest BCUT2D eigenvalue weighted by atomic mass is 9.99. The Morgan fingerprint density at radius 1 is 1.03 bits per heavy atom. The average Bonchev–Trinajstić information content (AvgIpc) is 2.82. The van der Waals surface area contributed by atoms with Crippen molar-refractivity contribution < 1.29 is 0 Å². The maximum atomic E-state index is 4.59. The monoisotopic (exact) mass is 440 g/mol. The number of aliphatic imine (C=N–C) groups is 1. The first kappa shape index (κ1) is 22.7. The van der Waals surface area contributed by atoms with E-state index in [-0.39, 0.29) is 0 Å². The van der Waals surface area contributed by atoms with E-state index < -0.39 is 0 Å². The lowest BCUT2D eigenvalue weighted by Gasteiger charge is -2.24. The van der Waals surface area contributed by atoms with Gasteiger partial charge in [0.05, 0.1) is 0 Å². The molecule has 6 heteroatoms. The topological polar surface area (TPSA) is 74.2 Å². The normalized spacial score (nSPS) is 14.4. The SMILES string of the molecule is C=C(Nc1cc2cc(C(C=NC)=C(C)C)ccc2cn1)c1ccnc(NC2CCNCC2)c1. The van der Waals surface area contributed by atoms with Gasteiger partial charge in [-0.05, 0) is 80.6 Å². The van der Waals surface area contributed by atoms with Crippen molar-refractivity contribution >= 4 is 39.9 Å². The number of hydrogen-bond donors (Lipinski definition) is 3. The minimum Gasteiger partial charge on any atom is -0.367 e. The molecule has 1 saturated heterocycles. The van der Waals surface area contributed by atoms with Crippen LogP contribution in [0.1, 0.15) is 37.8 Å². The highest BCUT2D eigenvalue weighted by atomic mass is 15.0. The molecule has 3 N–H and O–H groups in total. The second-order valence-electron chi connectivity index (χ2n) is 8.63. The number of aromatic nitrogens is 2. The van der Waals surface area contributed by atoms with Crippen LogP contribution >= 0.6 is 0 Å². The summed E-state index contributed by atoms with van der Waals surface area (Å²) < 4.78 is 0. The van der Waals surface area contributed by atoms with Gasteiger partial charge in [0.25, 0.3) is 0 Å². The van der Waals surface area contributed by atoms with Crippen LogP contribution in [-0.4, -0.2) is 42.4 Å². The van der Waals surface area contributed by atoms with Crippen molar-refractivity contribution in [2.75, 3.05) is 30.8 Å². The van der Waals surface area contributed by atoms with Gasteiger partial charge in [-0.25, -0.2) is 9.97 Å². The minimum absolute atomic E-state index is 0.454. The molecule has 0 unspecified atom stereocenters. The van der Waals surface area contributed by atoms with Crippen LogP contribution in [0.2, 0.25) is 0 Å². The Bertz CT molecular complexity index is 1200. The number of anilines is 2.